The van der Waals surface area contributed by atoms with Crippen molar-refractivity contribution in [2.45, 2.75) is 70.6 Å². The molecule has 67 heavy (non-hydrogen) atoms. The summed E-state index contributed by atoms with van der Waals surface area (Å²) in [6.45, 7) is 9.13. The second kappa shape index (κ2) is 18.8. The van der Waals surface area contributed by atoms with Crippen molar-refractivity contribution >= 4 is 81.7 Å². The summed E-state index contributed by atoms with van der Waals surface area (Å²) in [5.74, 6) is 8.11. The molecule has 0 aliphatic rings. The Morgan fingerprint density at radius 3 is 2.10 bits per heavy atom. The van der Waals surface area contributed by atoms with Crippen LogP contribution in [0, 0.1) is 25.9 Å². The SMILES string of the molecule is CC(C)c1cc(-c2ccccc2)cc(C(C)C)c1-n1c(-c2[c-]ccc3c2sc2cc4c(ccc5ccccc54)cc23)nc2ccccc21.[2H]C([2H])([2H])c1cc(-c2[c-]cc(C)cc2)nc[c]1[Ge]([CH3])([CH3])[CH3].[Ir]. The molecule has 0 unspecified atom stereocenters. The van der Waals surface area contributed by atoms with Crippen LogP contribution in [0.5, 0.6) is 0 Å². The normalized spacial score (nSPS) is 12.7. The number of hydrogen-bond donors (Lipinski definition) is 0. The summed E-state index contributed by atoms with van der Waals surface area (Å²) < 4.78 is 29.3. The predicted molar refractivity (Wildman–Crippen MR) is 288 cm³/mol. The van der Waals surface area contributed by atoms with Gasteiger partial charge < -0.3 is 4.57 Å². The van der Waals surface area contributed by atoms with E-state index in [0.717, 1.165) is 37.9 Å². The van der Waals surface area contributed by atoms with Gasteiger partial charge in [0.05, 0.1) is 16.9 Å². The van der Waals surface area contributed by atoms with E-state index in [2.05, 4.69) is 194 Å². The van der Waals surface area contributed by atoms with Crippen molar-refractivity contribution in [3.8, 4) is 39.5 Å². The van der Waals surface area contributed by atoms with Gasteiger partial charge in [-0.2, -0.15) is 11.3 Å². The number of rotatable bonds is 7. The van der Waals surface area contributed by atoms with Crippen LogP contribution in [0.15, 0.2) is 158 Å². The molecular formula is C61H55GeIrN3S-2. The van der Waals surface area contributed by atoms with Crippen molar-refractivity contribution in [3.05, 3.63) is 192 Å². The molecule has 8 aromatic carbocycles. The van der Waals surface area contributed by atoms with Gasteiger partial charge in [0.25, 0.3) is 0 Å². The zero-order chi connectivity index (χ0) is 48.4. The molecule has 6 heteroatoms. The molecule has 3 aromatic heterocycles. The molecule has 0 spiro atoms. The summed E-state index contributed by atoms with van der Waals surface area (Å²) >= 11 is -0.420. The molecule has 11 aromatic rings. The summed E-state index contributed by atoms with van der Waals surface area (Å²) in [4.78, 5) is 9.88. The number of aromatic nitrogens is 3. The Balaban J connectivity index is 0.000000234. The van der Waals surface area contributed by atoms with E-state index in [0.29, 0.717) is 23.1 Å². The van der Waals surface area contributed by atoms with Gasteiger partial charge in [-0.05, 0) is 102 Å². The predicted octanol–water partition coefficient (Wildman–Crippen LogP) is 16.8. The summed E-state index contributed by atoms with van der Waals surface area (Å²) in [6.07, 6.45) is 1.77. The van der Waals surface area contributed by atoms with Crippen molar-refractivity contribution in [1.82, 2.24) is 14.5 Å². The van der Waals surface area contributed by atoms with E-state index in [9.17, 15) is 0 Å². The number of aryl methyl sites for hydroxylation is 2. The largest absolute Gasteiger partial charge is 0 e. The molecule has 0 aliphatic heterocycles. The van der Waals surface area contributed by atoms with Crippen molar-refractivity contribution in [2.24, 2.45) is 0 Å². The van der Waals surface area contributed by atoms with Crippen LogP contribution in [0.4, 0.5) is 0 Å². The Morgan fingerprint density at radius 1 is 0.672 bits per heavy atom. The quantitative estimate of drug-likeness (QED) is 0.0905. The molecule has 0 atom stereocenters. The van der Waals surface area contributed by atoms with Gasteiger partial charge in [-0.15, -0.1) is 18.2 Å². The van der Waals surface area contributed by atoms with E-state index in [1.807, 2.05) is 36.5 Å². The molecular weight excluding hydrogens is 1070 g/mol. The van der Waals surface area contributed by atoms with E-state index < -0.39 is 20.1 Å². The molecule has 335 valence electrons. The van der Waals surface area contributed by atoms with Gasteiger partial charge in [-0.3, -0.25) is 4.98 Å². The standard InChI is InChI=1S/C45H35N2S.C16H20GeN.Ir/c1-27(2)36-24-32(29-13-6-5-7-14-29)25-37(28(3)4)43(36)47-41-20-11-10-19-40(41)46-45(47)35-18-12-17-34-39-23-31-22-21-30-15-8-9-16-33(30)38(31)26-42(39)48-44(34)35;1-12-6-8-14(9-7-12)16-10-13(2)15(11-18-16)17(3,4)5;/h5-17,19-28H,1-4H3;6-8,10-11H,1-5H3;/q2*-1;/i;2D3;. The van der Waals surface area contributed by atoms with Gasteiger partial charge in [0, 0.05) is 30.5 Å². The summed E-state index contributed by atoms with van der Waals surface area (Å²) in [7, 11) is 0. The third-order valence-corrected chi connectivity index (χ3v) is 18.2. The number of para-hydroxylation sites is 2. The number of imidazole rings is 1. The molecule has 0 N–H and O–H groups in total. The fourth-order valence-electron chi connectivity index (χ4n) is 9.31. The van der Waals surface area contributed by atoms with Crippen LogP contribution in [0.2, 0.25) is 17.3 Å². The number of benzene rings is 8. The second-order valence-electron chi connectivity index (χ2n) is 19.1. The fourth-order valence-corrected chi connectivity index (χ4v) is 13.3. The van der Waals surface area contributed by atoms with Crippen LogP contribution < -0.4 is 4.40 Å². The third-order valence-electron chi connectivity index (χ3n) is 12.8. The molecule has 0 bridgehead atoms. The van der Waals surface area contributed by atoms with E-state index in [1.165, 1.54) is 69.7 Å². The first-order valence-corrected chi connectivity index (χ1v) is 31.1. The Kier molecular flexibility index (Phi) is 12.0. The Labute approximate surface area is 419 Å². The van der Waals surface area contributed by atoms with Crippen LogP contribution >= 0.6 is 11.3 Å². The average Bonchev–Trinajstić information content (AvgIpc) is 3.91. The minimum absolute atomic E-state index is 0. The Morgan fingerprint density at radius 2 is 1.39 bits per heavy atom. The van der Waals surface area contributed by atoms with Gasteiger partial charge in [-0.25, -0.2) is 0 Å². The maximum atomic E-state index is 7.81. The van der Waals surface area contributed by atoms with Gasteiger partial charge in [-0.1, -0.05) is 118 Å². The number of pyridine rings is 1. The molecule has 1 radical (unpaired) electrons. The number of nitrogens with zero attached hydrogens (tertiary/aromatic N) is 3. The molecule has 0 amide bonds. The average molecular weight is 1130 g/mol. The fraction of sp³-hybridized carbons (Fsp3) is 0.180. The summed E-state index contributed by atoms with van der Waals surface area (Å²) in [5, 5.41) is 7.67. The van der Waals surface area contributed by atoms with E-state index >= 15 is 0 Å². The first kappa shape index (κ1) is 42.7. The first-order chi connectivity index (χ1) is 33.0. The molecule has 0 saturated carbocycles. The van der Waals surface area contributed by atoms with Gasteiger partial charge >= 0.3 is 117 Å². The molecule has 3 heterocycles. The first-order valence-electron chi connectivity index (χ1n) is 24.4. The van der Waals surface area contributed by atoms with Crippen molar-refractivity contribution in [1.29, 1.82) is 0 Å². The van der Waals surface area contributed by atoms with Crippen LogP contribution in [0.3, 0.4) is 0 Å². The zero-order valence-corrected chi connectivity index (χ0v) is 44.6. The van der Waals surface area contributed by atoms with E-state index in [-0.39, 0.29) is 20.1 Å². The molecule has 11 rings (SSSR count). The van der Waals surface area contributed by atoms with Crippen molar-refractivity contribution in [3.63, 3.8) is 0 Å². The van der Waals surface area contributed by atoms with Gasteiger partial charge in [0.2, 0.25) is 0 Å². The minimum atomic E-state index is -2.28. The molecule has 3 nitrogen and oxygen atoms in total. The van der Waals surface area contributed by atoms with Crippen LogP contribution in [-0.2, 0) is 20.1 Å². The van der Waals surface area contributed by atoms with Crippen LogP contribution in [-0.4, -0.2) is 27.8 Å². The van der Waals surface area contributed by atoms with Gasteiger partial charge in [0.15, 0.2) is 0 Å². The Bertz CT molecular complexity index is 3690. The Hall–Kier alpha value is -5.69. The smallest absolute Gasteiger partial charge is 0 e. The molecule has 0 fully saturated rings. The van der Waals surface area contributed by atoms with Gasteiger partial charge in [0.1, 0.15) is 0 Å². The summed E-state index contributed by atoms with van der Waals surface area (Å²) in [6, 6.07) is 60.8. The number of fused-ring (bicyclic) bond motifs is 7. The van der Waals surface area contributed by atoms with E-state index in [4.69, 9.17) is 9.10 Å². The number of hydrogen-bond acceptors (Lipinski definition) is 3. The van der Waals surface area contributed by atoms with Crippen molar-refractivity contribution in [2.75, 3.05) is 0 Å². The molecule has 0 aliphatic carbocycles. The van der Waals surface area contributed by atoms with Crippen LogP contribution in [0.1, 0.15) is 65.9 Å². The second-order valence-corrected chi connectivity index (χ2v) is 30.8. The zero-order valence-electron chi connectivity index (χ0n) is 42.2. The third kappa shape index (κ3) is 8.84. The topological polar surface area (TPSA) is 30.7 Å². The van der Waals surface area contributed by atoms with E-state index in [1.54, 1.807) is 12.3 Å². The number of thiophene rings is 1. The maximum Gasteiger partial charge on any atom is 0 e. The van der Waals surface area contributed by atoms with Crippen molar-refractivity contribution < 1.29 is 24.2 Å². The van der Waals surface area contributed by atoms with Crippen LogP contribution in [0.25, 0.3) is 92.2 Å². The molecule has 0 saturated heterocycles. The summed E-state index contributed by atoms with van der Waals surface area (Å²) in [5.41, 5.74) is 12.6. The maximum absolute atomic E-state index is 7.81. The minimum Gasteiger partial charge on any atom is 0 e. The monoisotopic (exact) mass is 1130 g/mol.